The second-order valence-electron chi connectivity index (χ2n) is 7.92. The lowest BCUT2D eigenvalue weighted by Gasteiger charge is -2.27. The fourth-order valence-corrected chi connectivity index (χ4v) is 4.27. The van der Waals surface area contributed by atoms with E-state index < -0.39 is 0 Å². The van der Waals surface area contributed by atoms with Gasteiger partial charge in [-0.3, -0.25) is 9.59 Å². The van der Waals surface area contributed by atoms with Crippen LogP contribution in [0.1, 0.15) is 24.7 Å². The summed E-state index contributed by atoms with van der Waals surface area (Å²) in [5.74, 6) is 0.222. The molecule has 0 unspecified atom stereocenters. The van der Waals surface area contributed by atoms with Gasteiger partial charge < -0.3 is 19.0 Å². The quantitative estimate of drug-likeness (QED) is 0.231. The second-order valence-corrected chi connectivity index (χ2v) is 8.97. The molecule has 8 heteroatoms. The van der Waals surface area contributed by atoms with E-state index in [4.69, 9.17) is 9.15 Å². The summed E-state index contributed by atoms with van der Waals surface area (Å²) in [6.07, 6.45) is 2.19. The molecule has 3 aromatic rings. The van der Waals surface area contributed by atoms with Gasteiger partial charge in [0.2, 0.25) is 11.8 Å². The first-order valence-electron chi connectivity index (χ1n) is 11.6. The van der Waals surface area contributed by atoms with Crippen LogP contribution in [0, 0.1) is 5.82 Å². The zero-order valence-corrected chi connectivity index (χ0v) is 20.7. The van der Waals surface area contributed by atoms with Gasteiger partial charge in [0.25, 0.3) is 0 Å². The van der Waals surface area contributed by atoms with Crippen LogP contribution in [0.25, 0.3) is 0 Å². The van der Waals surface area contributed by atoms with E-state index in [0.717, 1.165) is 10.5 Å². The number of rotatable bonds is 14. The molecule has 0 saturated carbocycles. The number of thioether (sulfide) groups is 1. The van der Waals surface area contributed by atoms with Crippen molar-refractivity contribution in [3.8, 4) is 0 Å². The predicted molar refractivity (Wildman–Crippen MR) is 134 cm³/mol. The number of halogens is 1. The largest absolute Gasteiger partial charge is 0.467 e. The summed E-state index contributed by atoms with van der Waals surface area (Å²) in [6, 6.07) is 19.3. The van der Waals surface area contributed by atoms with Gasteiger partial charge in [0.05, 0.1) is 25.1 Å². The zero-order chi connectivity index (χ0) is 24.9. The molecule has 3 rings (SSSR count). The van der Waals surface area contributed by atoms with E-state index in [9.17, 15) is 14.0 Å². The zero-order valence-electron chi connectivity index (χ0n) is 19.9. The molecule has 6 nitrogen and oxygen atoms in total. The van der Waals surface area contributed by atoms with Gasteiger partial charge in [0.15, 0.2) is 0 Å². The van der Waals surface area contributed by atoms with Crippen LogP contribution in [0.15, 0.2) is 82.3 Å². The van der Waals surface area contributed by atoms with Crippen molar-refractivity contribution in [2.75, 3.05) is 32.1 Å². The van der Waals surface area contributed by atoms with Gasteiger partial charge >= 0.3 is 0 Å². The highest BCUT2D eigenvalue weighted by atomic mass is 32.2. The summed E-state index contributed by atoms with van der Waals surface area (Å²) in [5.41, 5.74) is 0.792. The van der Waals surface area contributed by atoms with E-state index in [1.165, 1.54) is 23.9 Å². The van der Waals surface area contributed by atoms with Gasteiger partial charge in [-0.15, -0.1) is 11.8 Å². The van der Waals surface area contributed by atoms with Crippen LogP contribution < -0.4 is 0 Å². The highest BCUT2D eigenvalue weighted by molar-refractivity contribution is 8.00. The van der Waals surface area contributed by atoms with E-state index in [-0.39, 0.29) is 43.0 Å². The Morgan fingerprint density at radius 2 is 1.71 bits per heavy atom. The SMILES string of the molecule is CCOCCCN(CC(=O)N(Cc1ccc(F)cc1)Cc1ccco1)C(=O)CSc1ccccc1. The standard InChI is InChI=1S/C27H31FN2O4S/c1-2-33-16-7-15-29(27(32)21-35-25-9-4-3-5-10-25)20-26(31)30(19-24-8-6-17-34-24)18-22-11-13-23(28)14-12-22/h3-6,8-14,17H,2,7,15-16,18-21H2,1H3. The summed E-state index contributed by atoms with van der Waals surface area (Å²) in [7, 11) is 0. The van der Waals surface area contributed by atoms with Crippen molar-refractivity contribution in [3.63, 3.8) is 0 Å². The molecule has 0 aliphatic carbocycles. The average Bonchev–Trinajstić information content (AvgIpc) is 3.39. The molecule has 0 aliphatic rings. The highest BCUT2D eigenvalue weighted by Gasteiger charge is 2.22. The van der Waals surface area contributed by atoms with Crippen LogP contribution >= 0.6 is 11.8 Å². The molecule has 0 aliphatic heterocycles. The van der Waals surface area contributed by atoms with Crippen LogP contribution in [0.4, 0.5) is 4.39 Å². The fourth-order valence-electron chi connectivity index (χ4n) is 3.44. The Bertz CT molecular complexity index is 1030. The fraction of sp³-hybridized carbons (Fsp3) is 0.333. The lowest BCUT2D eigenvalue weighted by atomic mass is 10.2. The molecular formula is C27H31FN2O4S. The number of hydrogen-bond acceptors (Lipinski definition) is 5. The summed E-state index contributed by atoms with van der Waals surface area (Å²) in [4.78, 5) is 30.7. The molecule has 0 bridgehead atoms. The van der Waals surface area contributed by atoms with E-state index in [1.54, 1.807) is 40.3 Å². The number of nitrogens with zero attached hydrogens (tertiary/aromatic N) is 2. The van der Waals surface area contributed by atoms with Gasteiger partial charge in [0, 0.05) is 31.2 Å². The van der Waals surface area contributed by atoms with Crippen LogP contribution in [0.3, 0.4) is 0 Å². The van der Waals surface area contributed by atoms with Crippen molar-refractivity contribution >= 4 is 23.6 Å². The van der Waals surface area contributed by atoms with Gasteiger partial charge in [-0.1, -0.05) is 30.3 Å². The Morgan fingerprint density at radius 1 is 0.943 bits per heavy atom. The van der Waals surface area contributed by atoms with E-state index in [2.05, 4.69) is 0 Å². The van der Waals surface area contributed by atoms with Gasteiger partial charge in [-0.2, -0.15) is 0 Å². The van der Waals surface area contributed by atoms with Crippen molar-refractivity contribution in [1.29, 1.82) is 0 Å². The number of hydrogen-bond donors (Lipinski definition) is 0. The Kier molecular flexibility index (Phi) is 10.9. The molecule has 0 spiro atoms. The molecular weight excluding hydrogens is 467 g/mol. The van der Waals surface area contributed by atoms with E-state index >= 15 is 0 Å². The monoisotopic (exact) mass is 498 g/mol. The number of furan rings is 1. The maximum atomic E-state index is 13.4. The smallest absolute Gasteiger partial charge is 0.242 e. The van der Waals surface area contributed by atoms with Crippen LogP contribution in [-0.4, -0.2) is 53.7 Å². The molecule has 0 fully saturated rings. The number of amides is 2. The Balaban J connectivity index is 1.69. The maximum absolute atomic E-state index is 13.4. The van der Waals surface area contributed by atoms with Gasteiger partial charge in [-0.05, 0) is 55.3 Å². The minimum Gasteiger partial charge on any atom is -0.467 e. The third-order valence-electron chi connectivity index (χ3n) is 5.27. The van der Waals surface area contributed by atoms with E-state index in [1.807, 2.05) is 37.3 Å². The Morgan fingerprint density at radius 3 is 2.40 bits per heavy atom. The minimum absolute atomic E-state index is 0.0534. The molecule has 1 heterocycles. The molecule has 2 aromatic carbocycles. The Labute approximate surface area is 210 Å². The van der Waals surface area contributed by atoms with Crippen molar-refractivity contribution in [3.05, 3.63) is 90.1 Å². The lowest BCUT2D eigenvalue weighted by molar-refractivity contribution is -0.140. The summed E-state index contributed by atoms with van der Waals surface area (Å²) in [6.45, 7) is 3.94. The topological polar surface area (TPSA) is 63.0 Å². The predicted octanol–water partition coefficient (Wildman–Crippen LogP) is 5.00. The Hall–Kier alpha value is -3.10. The van der Waals surface area contributed by atoms with Crippen LogP contribution in [0.2, 0.25) is 0 Å². The van der Waals surface area contributed by atoms with Crippen LogP contribution in [0.5, 0.6) is 0 Å². The van der Waals surface area contributed by atoms with Crippen molar-refractivity contribution in [2.24, 2.45) is 0 Å². The number of carbonyl (C=O) groups is 2. The highest BCUT2D eigenvalue weighted by Crippen LogP contribution is 2.18. The van der Waals surface area contributed by atoms with Crippen LogP contribution in [-0.2, 0) is 27.4 Å². The number of ether oxygens (including phenoxy) is 1. The molecule has 186 valence electrons. The first-order valence-corrected chi connectivity index (χ1v) is 12.6. The average molecular weight is 499 g/mol. The molecule has 0 atom stereocenters. The molecule has 1 aromatic heterocycles. The van der Waals surface area contributed by atoms with Gasteiger partial charge in [-0.25, -0.2) is 4.39 Å². The summed E-state index contributed by atoms with van der Waals surface area (Å²) < 4.78 is 24.2. The minimum atomic E-state index is -0.334. The summed E-state index contributed by atoms with van der Waals surface area (Å²) >= 11 is 1.45. The van der Waals surface area contributed by atoms with Gasteiger partial charge in [0.1, 0.15) is 11.6 Å². The van der Waals surface area contributed by atoms with Crippen molar-refractivity contribution in [2.45, 2.75) is 31.3 Å². The molecule has 2 amide bonds. The molecule has 0 saturated heterocycles. The molecule has 0 radical (unpaired) electrons. The molecule has 35 heavy (non-hydrogen) atoms. The first-order chi connectivity index (χ1) is 17.0. The molecule has 0 N–H and O–H groups in total. The maximum Gasteiger partial charge on any atom is 0.242 e. The number of benzene rings is 2. The third kappa shape index (κ3) is 9.22. The second kappa shape index (κ2) is 14.3. The van der Waals surface area contributed by atoms with E-state index in [0.29, 0.717) is 31.9 Å². The first kappa shape index (κ1) is 26.5. The van der Waals surface area contributed by atoms with Crippen molar-refractivity contribution < 1.29 is 23.1 Å². The normalized spacial score (nSPS) is 10.8. The third-order valence-corrected chi connectivity index (χ3v) is 6.27. The lowest BCUT2D eigenvalue weighted by Crippen LogP contribution is -2.43. The number of carbonyl (C=O) groups excluding carboxylic acids is 2. The van der Waals surface area contributed by atoms with Crippen molar-refractivity contribution in [1.82, 2.24) is 9.80 Å². The summed E-state index contributed by atoms with van der Waals surface area (Å²) in [5, 5.41) is 0.